The molecule has 0 aliphatic carbocycles. The molecule has 2 rings (SSSR count). The van der Waals surface area contributed by atoms with Crippen molar-refractivity contribution >= 4 is 6.03 Å². The molecule has 1 N–H and O–H groups in total. The van der Waals surface area contributed by atoms with E-state index in [0.717, 1.165) is 57.7 Å². The molecule has 1 fully saturated rings. The molecule has 6 heteroatoms. The first-order valence-electron chi connectivity index (χ1n) is 8.68. The molecular formula is C17H30N4O2. The normalized spacial score (nSPS) is 15.9. The molecule has 1 aromatic rings. The second kappa shape index (κ2) is 8.91. The number of aryl methyl sites for hydroxylation is 1. The van der Waals surface area contributed by atoms with Gasteiger partial charge in [0, 0.05) is 51.6 Å². The molecule has 0 bridgehead atoms. The summed E-state index contributed by atoms with van der Waals surface area (Å²) in [6.45, 7) is 8.17. The third-order valence-electron chi connectivity index (χ3n) is 4.56. The topological polar surface area (TPSA) is 59.4 Å². The molecule has 130 valence electrons. The molecular weight excluding hydrogens is 292 g/mol. The Kier molecular flexibility index (Phi) is 6.89. The summed E-state index contributed by atoms with van der Waals surface area (Å²) in [7, 11) is 1.73. The van der Waals surface area contributed by atoms with Crippen LogP contribution in [0.5, 0.6) is 0 Å². The molecule has 1 aliphatic heterocycles. The van der Waals surface area contributed by atoms with Crippen LogP contribution in [-0.4, -0.2) is 53.8 Å². The summed E-state index contributed by atoms with van der Waals surface area (Å²) >= 11 is 0. The number of carbonyl (C=O) groups is 1. The van der Waals surface area contributed by atoms with Gasteiger partial charge in [0.25, 0.3) is 0 Å². The van der Waals surface area contributed by atoms with Gasteiger partial charge in [0.1, 0.15) is 5.82 Å². The van der Waals surface area contributed by atoms with Gasteiger partial charge in [-0.2, -0.15) is 0 Å². The SMILES string of the molecule is CCCNC(=O)N1CCC(Cc2ncc(C)n2CCOC)CC1. The number of imidazole rings is 1. The molecule has 1 aromatic heterocycles. The Morgan fingerprint density at radius 1 is 1.43 bits per heavy atom. The summed E-state index contributed by atoms with van der Waals surface area (Å²) in [5.41, 5.74) is 1.19. The van der Waals surface area contributed by atoms with E-state index in [1.165, 1.54) is 5.69 Å². The Hall–Kier alpha value is -1.56. The van der Waals surface area contributed by atoms with Crippen molar-refractivity contribution in [1.82, 2.24) is 19.8 Å². The minimum Gasteiger partial charge on any atom is -0.383 e. The summed E-state index contributed by atoms with van der Waals surface area (Å²) in [4.78, 5) is 18.5. The number of hydrogen-bond acceptors (Lipinski definition) is 3. The fourth-order valence-electron chi connectivity index (χ4n) is 3.10. The van der Waals surface area contributed by atoms with Crippen LogP contribution in [0.2, 0.25) is 0 Å². The van der Waals surface area contributed by atoms with Crippen molar-refractivity contribution in [2.75, 3.05) is 33.4 Å². The first-order chi connectivity index (χ1) is 11.2. The van der Waals surface area contributed by atoms with E-state index in [0.29, 0.717) is 12.5 Å². The minimum atomic E-state index is 0.0859. The van der Waals surface area contributed by atoms with Crippen LogP contribution < -0.4 is 5.32 Å². The standard InChI is InChI=1S/C17H30N4O2/c1-4-7-18-17(22)20-8-5-15(6-9-20)12-16-19-13-14(2)21(16)10-11-23-3/h13,15H,4-12H2,1-3H3,(H,18,22). The highest BCUT2D eigenvalue weighted by Crippen LogP contribution is 2.22. The number of nitrogens with zero attached hydrogens (tertiary/aromatic N) is 3. The van der Waals surface area contributed by atoms with Crippen LogP contribution in [0.15, 0.2) is 6.20 Å². The van der Waals surface area contributed by atoms with E-state index in [9.17, 15) is 4.79 Å². The summed E-state index contributed by atoms with van der Waals surface area (Å²) in [6.07, 6.45) is 6.01. The van der Waals surface area contributed by atoms with Gasteiger partial charge >= 0.3 is 6.03 Å². The number of methoxy groups -OCH3 is 1. The highest BCUT2D eigenvalue weighted by atomic mass is 16.5. The average molecular weight is 322 g/mol. The average Bonchev–Trinajstić information content (AvgIpc) is 2.91. The van der Waals surface area contributed by atoms with E-state index in [4.69, 9.17) is 4.74 Å². The third-order valence-corrected chi connectivity index (χ3v) is 4.56. The largest absolute Gasteiger partial charge is 0.383 e. The molecule has 1 saturated heterocycles. The summed E-state index contributed by atoms with van der Waals surface area (Å²) in [6, 6.07) is 0.0859. The summed E-state index contributed by atoms with van der Waals surface area (Å²) < 4.78 is 7.44. The predicted molar refractivity (Wildman–Crippen MR) is 90.5 cm³/mol. The number of carbonyl (C=O) groups excluding carboxylic acids is 1. The molecule has 23 heavy (non-hydrogen) atoms. The van der Waals surface area contributed by atoms with Gasteiger partial charge in [0.2, 0.25) is 0 Å². The van der Waals surface area contributed by atoms with E-state index in [2.05, 4.69) is 28.7 Å². The van der Waals surface area contributed by atoms with Crippen LogP contribution in [-0.2, 0) is 17.7 Å². The second-order valence-electron chi connectivity index (χ2n) is 6.33. The van der Waals surface area contributed by atoms with Crippen molar-refractivity contribution < 1.29 is 9.53 Å². The zero-order chi connectivity index (χ0) is 16.7. The highest BCUT2D eigenvalue weighted by molar-refractivity contribution is 5.74. The van der Waals surface area contributed by atoms with Gasteiger partial charge in [-0.25, -0.2) is 9.78 Å². The number of nitrogens with one attached hydrogen (secondary N) is 1. The lowest BCUT2D eigenvalue weighted by Gasteiger charge is -2.32. The van der Waals surface area contributed by atoms with Gasteiger partial charge in [-0.05, 0) is 32.1 Å². The molecule has 0 aromatic carbocycles. The second-order valence-corrected chi connectivity index (χ2v) is 6.33. The molecule has 1 aliphatic rings. The number of urea groups is 1. The Balaban J connectivity index is 1.83. The maximum absolute atomic E-state index is 12.0. The van der Waals surface area contributed by atoms with Gasteiger partial charge in [0.05, 0.1) is 6.61 Å². The Morgan fingerprint density at radius 3 is 2.83 bits per heavy atom. The van der Waals surface area contributed by atoms with Gasteiger partial charge in [-0.15, -0.1) is 0 Å². The number of piperidine rings is 1. The molecule has 0 saturated carbocycles. The van der Waals surface area contributed by atoms with Crippen LogP contribution in [0.3, 0.4) is 0 Å². The van der Waals surface area contributed by atoms with Crippen molar-refractivity contribution in [3.8, 4) is 0 Å². The Labute approximate surface area is 139 Å². The van der Waals surface area contributed by atoms with Crippen LogP contribution in [0, 0.1) is 12.8 Å². The van der Waals surface area contributed by atoms with Crippen LogP contribution in [0.1, 0.15) is 37.7 Å². The number of rotatable bonds is 7. The molecule has 2 amide bonds. The van der Waals surface area contributed by atoms with E-state index in [1.807, 2.05) is 11.1 Å². The lowest BCUT2D eigenvalue weighted by molar-refractivity contribution is 0.168. The number of ether oxygens (including phenoxy) is 1. The molecule has 2 heterocycles. The maximum Gasteiger partial charge on any atom is 0.317 e. The number of likely N-dealkylation sites (tertiary alicyclic amines) is 1. The lowest BCUT2D eigenvalue weighted by atomic mass is 9.93. The van der Waals surface area contributed by atoms with E-state index < -0.39 is 0 Å². The van der Waals surface area contributed by atoms with E-state index in [1.54, 1.807) is 7.11 Å². The summed E-state index contributed by atoms with van der Waals surface area (Å²) in [5, 5.41) is 2.96. The first kappa shape index (κ1) is 17.8. The third kappa shape index (κ3) is 4.96. The van der Waals surface area contributed by atoms with Crippen molar-refractivity contribution in [1.29, 1.82) is 0 Å². The van der Waals surface area contributed by atoms with Crippen molar-refractivity contribution in [2.24, 2.45) is 5.92 Å². The van der Waals surface area contributed by atoms with Crippen molar-refractivity contribution in [3.63, 3.8) is 0 Å². The zero-order valence-corrected chi connectivity index (χ0v) is 14.7. The van der Waals surface area contributed by atoms with E-state index in [-0.39, 0.29) is 6.03 Å². The quantitative estimate of drug-likeness (QED) is 0.837. The Bertz CT molecular complexity index is 493. The monoisotopic (exact) mass is 322 g/mol. The number of amides is 2. The number of aromatic nitrogens is 2. The minimum absolute atomic E-state index is 0.0859. The van der Waals surface area contributed by atoms with Crippen LogP contribution in [0.4, 0.5) is 4.79 Å². The molecule has 0 atom stereocenters. The number of hydrogen-bond donors (Lipinski definition) is 1. The van der Waals surface area contributed by atoms with Crippen LogP contribution >= 0.6 is 0 Å². The van der Waals surface area contributed by atoms with Gasteiger partial charge < -0.3 is 19.5 Å². The van der Waals surface area contributed by atoms with Crippen molar-refractivity contribution in [3.05, 3.63) is 17.7 Å². The van der Waals surface area contributed by atoms with Gasteiger partial charge in [-0.3, -0.25) is 0 Å². The van der Waals surface area contributed by atoms with E-state index >= 15 is 0 Å². The highest BCUT2D eigenvalue weighted by Gasteiger charge is 2.24. The smallest absolute Gasteiger partial charge is 0.317 e. The molecule has 0 unspecified atom stereocenters. The predicted octanol–water partition coefficient (Wildman–Crippen LogP) is 2.21. The zero-order valence-electron chi connectivity index (χ0n) is 14.7. The van der Waals surface area contributed by atoms with Gasteiger partial charge in [-0.1, -0.05) is 6.92 Å². The Morgan fingerprint density at radius 2 is 2.17 bits per heavy atom. The summed E-state index contributed by atoms with van der Waals surface area (Å²) in [5.74, 6) is 1.75. The maximum atomic E-state index is 12.0. The lowest BCUT2D eigenvalue weighted by Crippen LogP contribution is -2.45. The fraction of sp³-hybridized carbons (Fsp3) is 0.765. The fourth-order valence-corrected chi connectivity index (χ4v) is 3.10. The van der Waals surface area contributed by atoms with Crippen molar-refractivity contribution in [2.45, 2.75) is 46.1 Å². The van der Waals surface area contributed by atoms with Gasteiger partial charge in [0.15, 0.2) is 0 Å². The molecule has 0 spiro atoms. The first-order valence-corrected chi connectivity index (χ1v) is 8.68. The van der Waals surface area contributed by atoms with Crippen LogP contribution in [0.25, 0.3) is 0 Å². The molecule has 0 radical (unpaired) electrons. The molecule has 6 nitrogen and oxygen atoms in total.